The first-order valence-corrected chi connectivity index (χ1v) is 11.4. The van der Waals surface area contributed by atoms with E-state index in [-0.39, 0.29) is 17.3 Å². The summed E-state index contributed by atoms with van der Waals surface area (Å²) in [6.45, 7) is 2.70. The predicted molar refractivity (Wildman–Crippen MR) is 113 cm³/mol. The molecule has 0 unspecified atom stereocenters. The fourth-order valence-electron chi connectivity index (χ4n) is 3.86. The minimum absolute atomic E-state index is 0.0486. The maximum absolute atomic E-state index is 13.0. The lowest BCUT2D eigenvalue weighted by Crippen LogP contribution is -2.48. The number of amides is 1. The highest BCUT2D eigenvalue weighted by Crippen LogP contribution is 2.26. The van der Waals surface area contributed by atoms with Gasteiger partial charge in [0.1, 0.15) is 0 Å². The average Bonchev–Trinajstić information content (AvgIpc) is 3.12. The molecule has 2 saturated heterocycles. The topological polar surface area (TPSA) is 104 Å². The summed E-state index contributed by atoms with van der Waals surface area (Å²) in [6, 6.07) is 13.2. The van der Waals surface area contributed by atoms with Gasteiger partial charge in [0.25, 0.3) is 11.6 Å². The molecule has 2 aromatic rings. The molecule has 0 aromatic heterocycles. The van der Waals surface area contributed by atoms with Gasteiger partial charge in [-0.3, -0.25) is 19.2 Å². The quantitative estimate of drug-likeness (QED) is 0.543. The Labute approximate surface area is 174 Å². The number of carbonyl (C=O) groups is 1. The molecule has 158 valence electrons. The number of hydrogen-bond acceptors (Lipinski definition) is 6. The summed E-state index contributed by atoms with van der Waals surface area (Å²) in [6.07, 6.45) is 0.588. The van der Waals surface area contributed by atoms with Gasteiger partial charge in [-0.15, -0.1) is 0 Å². The van der Waals surface area contributed by atoms with E-state index in [0.717, 1.165) is 5.69 Å². The van der Waals surface area contributed by atoms with Crippen LogP contribution in [0.5, 0.6) is 0 Å². The predicted octanol–water partition coefficient (Wildman–Crippen LogP) is 2.10. The normalized spacial score (nSPS) is 18.5. The van der Waals surface area contributed by atoms with Gasteiger partial charge in [-0.1, -0.05) is 6.07 Å². The lowest BCUT2D eigenvalue weighted by molar-refractivity contribution is -0.384. The fraction of sp³-hybridized carbons (Fsp3) is 0.350. The van der Waals surface area contributed by atoms with Crippen LogP contribution in [-0.2, 0) is 10.0 Å². The maximum atomic E-state index is 13.0. The van der Waals surface area contributed by atoms with Crippen LogP contribution in [0.15, 0.2) is 48.5 Å². The van der Waals surface area contributed by atoms with E-state index in [0.29, 0.717) is 50.4 Å². The summed E-state index contributed by atoms with van der Waals surface area (Å²) in [5, 5.41) is 10.8. The SMILES string of the molecule is O=C(c1cccc(N2CCCS2(=O)=O)c1)N1CCN(c2ccc([N+](=O)[O-])cc2)CC1. The van der Waals surface area contributed by atoms with Crippen molar-refractivity contribution in [3.63, 3.8) is 0 Å². The summed E-state index contributed by atoms with van der Waals surface area (Å²) in [4.78, 5) is 27.2. The first kappa shape index (κ1) is 20.1. The second-order valence-electron chi connectivity index (χ2n) is 7.34. The van der Waals surface area contributed by atoms with Gasteiger partial charge in [-0.25, -0.2) is 8.42 Å². The van der Waals surface area contributed by atoms with Gasteiger partial charge in [0.05, 0.1) is 16.4 Å². The van der Waals surface area contributed by atoms with E-state index < -0.39 is 14.9 Å². The van der Waals surface area contributed by atoms with Crippen LogP contribution in [0.25, 0.3) is 0 Å². The van der Waals surface area contributed by atoms with Crippen molar-refractivity contribution < 1.29 is 18.1 Å². The van der Waals surface area contributed by atoms with Gasteiger partial charge in [-0.2, -0.15) is 0 Å². The molecule has 2 aliphatic heterocycles. The first-order chi connectivity index (χ1) is 14.3. The Kier molecular flexibility index (Phi) is 5.33. The molecule has 4 rings (SSSR count). The number of piperazine rings is 1. The van der Waals surface area contributed by atoms with Crippen molar-refractivity contribution in [2.45, 2.75) is 6.42 Å². The van der Waals surface area contributed by atoms with Crippen LogP contribution >= 0.6 is 0 Å². The van der Waals surface area contributed by atoms with Crippen molar-refractivity contribution in [3.05, 3.63) is 64.2 Å². The molecule has 1 amide bonds. The molecule has 2 fully saturated rings. The maximum Gasteiger partial charge on any atom is 0.269 e. The van der Waals surface area contributed by atoms with Crippen LogP contribution in [-0.4, -0.2) is 62.6 Å². The molecule has 9 nitrogen and oxygen atoms in total. The van der Waals surface area contributed by atoms with Crippen molar-refractivity contribution in [2.75, 3.05) is 47.7 Å². The summed E-state index contributed by atoms with van der Waals surface area (Å²) >= 11 is 0. The monoisotopic (exact) mass is 430 g/mol. The molecule has 0 bridgehead atoms. The second-order valence-corrected chi connectivity index (χ2v) is 9.36. The second kappa shape index (κ2) is 7.94. The van der Waals surface area contributed by atoms with Crippen LogP contribution < -0.4 is 9.21 Å². The lowest BCUT2D eigenvalue weighted by Gasteiger charge is -2.36. The third-order valence-corrected chi connectivity index (χ3v) is 7.34. The number of rotatable bonds is 4. The van der Waals surface area contributed by atoms with Crippen LogP contribution in [0.2, 0.25) is 0 Å². The van der Waals surface area contributed by atoms with Crippen molar-refractivity contribution in [1.82, 2.24) is 4.90 Å². The molecule has 30 heavy (non-hydrogen) atoms. The van der Waals surface area contributed by atoms with E-state index in [4.69, 9.17) is 0 Å². The molecule has 0 N–H and O–H groups in total. The van der Waals surface area contributed by atoms with E-state index in [9.17, 15) is 23.3 Å². The van der Waals surface area contributed by atoms with Crippen molar-refractivity contribution in [3.8, 4) is 0 Å². The summed E-state index contributed by atoms with van der Waals surface area (Å²) in [5.41, 5.74) is 1.93. The number of nitro benzene ring substituents is 1. The zero-order valence-corrected chi connectivity index (χ0v) is 17.1. The smallest absolute Gasteiger partial charge is 0.269 e. The number of non-ortho nitro benzene ring substituents is 1. The van der Waals surface area contributed by atoms with Crippen molar-refractivity contribution in [1.29, 1.82) is 0 Å². The molecular formula is C20H22N4O5S. The van der Waals surface area contributed by atoms with Crippen molar-refractivity contribution in [2.24, 2.45) is 0 Å². The Hall–Kier alpha value is -3.14. The standard InChI is InChI=1S/C20H22N4O5S/c25-20(16-3-1-4-19(15-16)23-9-2-14-30(23,28)29)22-12-10-21(11-13-22)17-5-7-18(8-6-17)24(26)27/h1,3-8,15H,2,9-14H2. The van der Waals surface area contributed by atoms with Gasteiger partial charge in [0.15, 0.2) is 0 Å². The minimum atomic E-state index is -3.29. The molecule has 2 aliphatic rings. The van der Waals surface area contributed by atoms with E-state index >= 15 is 0 Å². The molecule has 0 saturated carbocycles. The number of hydrogen-bond donors (Lipinski definition) is 0. The largest absolute Gasteiger partial charge is 0.368 e. The number of nitro groups is 1. The van der Waals surface area contributed by atoms with Crippen LogP contribution in [0.4, 0.5) is 17.1 Å². The summed E-state index contributed by atoms with van der Waals surface area (Å²) < 4.78 is 25.7. The van der Waals surface area contributed by atoms with Crippen LogP contribution in [0.3, 0.4) is 0 Å². The summed E-state index contributed by atoms with van der Waals surface area (Å²) in [5.74, 6) is 0.00673. The fourth-order valence-corrected chi connectivity index (χ4v) is 5.42. The van der Waals surface area contributed by atoms with Gasteiger partial charge in [0, 0.05) is 56.1 Å². The Morgan fingerprint density at radius 1 is 0.933 bits per heavy atom. The van der Waals surface area contributed by atoms with Gasteiger partial charge >= 0.3 is 0 Å². The minimum Gasteiger partial charge on any atom is -0.368 e. The molecule has 2 heterocycles. The van der Waals surface area contributed by atoms with Gasteiger partial charge < -0.3 is 9.80 Å². The molecule has 0 spiro atoms. The number of anilines is 2. The highest BCUT2D eigenvalue weighted by Gasteiger charge is 2.29. The number of nitrogens with zero attached hydrogens (tertiary/aromatic N) is 4. The average molecular weight is 430 g/mol. The van der Waals surface area contributed by atoms with Crippen LogP contribution in [0, 0.1) is 10.1 Å². The number of sulfonamides is 1. The number of carbonyl (C=O) groups excluding carboxylic acids is 1. The first-order valence-electron chi connectivity index (χ1n) is 9.74. The zero-order chi connectivity index (χ0) is 21.3. The van der Waals surface area contributed by atoms with E-state index in [2.05, 4.69) is 4.90 Å². The van der Waals surface area contributed by atoms with E-state index in [1.807, 2.05) is 0 Å². The Morgan fingerprint density at radius 3 is 2.23 bits per heavy atom. The summed E-state index contributed by atoms with van der Waals surface area (Å²) in [7, 11) is -3.29. The molecular weight excluding hydrogens is 408 g/mol. The Balaban J connectivity index is 1.42. The molecule has 10 heteroatoms. The van der Waals surface area contributed by atoms with E-state index in [1.54, 1.807) is 41.3 Å². The molecule has 2 aromatic carbocycles. The van der Waals surface area contributed by atoms with Crippen LogP contribution in [0.1, 0.15) is 16.8 Å². The van der Waals surface area contributed by atoms with Gasteiger partial charge in [0.2, 0.25) is 10.0 Å². The number of benzene rings is 2. The molecule has 0 radical (unpaired) electrons. The lowest BCUT2D eigenvalue weighted by atomic mass is 10.1. The highest BCUT2D eigenvalue weighted by molar-refractivity contribution is 7.93. The highest BCUT2D eigenvalue weighted by atomic mass is 32.2. The zero-order valence-electron chi connectivity index (χ0n) is 16.3. The molecule has 0 aliphatic carbocycles. The Bertz CT molecular complexity index is 1060. The van der Waals surface area contributed by atoms with Gasteiger partial charge in [-0.05, 0) is 36.8 Å². The molecule has 0 atom stereocenters. The third kappa shape index (κ3) is 3.95. The third-order valence-electron chi connectivity index (χ3n) is 5.47. The Morgan fingerprint density at radius 2 is 1.63 bits per heavy atom. The van der Waals surface area contributed by atoms with Crippen molar-refractivity contribution >= 4 is 33.0 Å². The van der Waals surface area contributed by atoms with E-state index in [1.165, 1.54) is 16.4 Å².